The molecule has 0 saturated heterocycles. The average molecular weight is 287 g/mol. The minimum absolute atomic E-state index is 0.193. The molecule has 0 aliphatic heterocycles. The summed E-state index contributed by atoms with van der Waals surface area (Å²) < 4.78 is 38.0. The molecule has 0 radical (unpaired) electrons. The number of carbonyl (C=O) groups excluding carboxylic acids is 1. The summed E-state index contributed by atoms with van der Waals surface area (Å²) in [6.07, 6.45) is -4.14. The third-order valence-electron chi connectivity index (χ3n) is 2.26. The van der Waals surface area contributed by atoms with Gasteiger partial charge in [-0.1, -0.05) is 17.2 Å². The number of hydrogen-bond donors (Lipinski definition) is 2. The van der Waals surface area contributed by atoms with E-state index in [0.29, 0.717) is 6.42 Å². The number of nitrogens with zero attached hydrogens (tertiary/aromatic N) is 3. The van der Waals surface area contributed by atoms with Crippen LogP contribution in [-0.4, -0.2) is 19.1 Å². The zero-order valence-electron chi connectivity index (χ0n) is 10.3. The number of carbonyl (C=O) groups is 1. The Morgan fingerprint density at radius 1 is 1.35 bits per heavy atom. The smallest absolute Gasteiger partial charge is 0.338 e. The van der Waals surface area contributed by atoms with Gasteiger partial charge in [0.15, 0.2) is 0 Å². The third-order valence-corrected chi connectivity index (χ3v) is 2.26. The molecule has 0 aliphatic carbocycles. The summed E-state index contributed by atoms with van der Waals surface area (Å²) in [5.41, 5.74) is 6.80. The second-order valence-electron chi connectivity index (χ2n) is 3.73. The fraction of sp³-hybridized carbons (Fsp3) is 0.364. The second kappa shape index (κ2) is 7.25. The predicted molar refractivity (Wildman–Crippen MR) is 67.1 cm³/mol. The van der Waals surface area contributed by atoms with E-state index in [1.165, 1.54) is 18.2 Å². The molecule has 0 spiro atoms. The Hall–Kier alpha value is -2.41. The molecular weight excluding hydrogens is 275 g/mol. The Balaban J connectivity index is 2.56. The highest BCUT2D eigenvalue weighted by atomic mass is 19.4. The number of rotatable bonds is 5. The average Bonchev–Trinajstić information content (AvgIpc) is 2.38. The van der Waals surface area contributed by atoms with Gasteiger partial charge in [0.2, 0.25) is 0 Å². The molecule has 0 unspecified atom stereocenters. The van der Waals surface area contributed by atoms with Crippen molar-refractivity contribution in [1.82, 2.24) is 5.32 Å². The van der Waals surface area contributed by atoms with Crippen molar-refractivity contribution in [3.63, 3.8) is 0 Å². The Morgan fingerprint density at radius 3 is 2.70 bits per heavy atom. The number of hydrogen-bond acceptors (Lipinski definition) is 2. The zero-order chi connectivity index (χ0) is 15.0. The topological polar surface area (TPSA) is 89.9 Å². The molecule has 6 nitrogen and oxygen atoms in total. The number of para-hydroxylation sites is 1. The molecule has 0 atom stereocenters. The zero-order valence-corrected chi connectivity index (χ0v) is 10.3. The van der Waals surface area contributed by atoms with Crippen LogP contribution in [0.15, 0.2) is 29.4 Å². The van der Waals surface area contributed by atoms with Crippen molar-refractivity contribution < 1.29 is 18.0 Å². The van der Waals surface area contributed by atoms with E-state index in [2.05, 4.69) is 20.7 Å². The molecular formula is C11H12F3N5O. The lowest BCUT2D eigenvalue weighted by atomic mass is 10.1. The molecule has 2 amide bonds. The lowest BCUT2D eigenvalue weighted by Crippen LogP contribution is -2.30. The first-order valence-corrected chi connectivity index (χ1v) is 5.67. The maximum absolute atomic E-state index is 12.7. The van der Waals surface area contributed by atoms with Crippen LogP contribution < -0.4 is 10.6 Å². The molecule has 1 rings (SSSR count). The van der Waals surface area contributed by atoms with Crippen molar-refractivity contribution >= 4 is 11.7 Å². The van der Waals surface area contributed by atoms with Crippen LogP contribution >= 0.6 is 0 Å². The van der Waals surface area contributed by atoms with Crippen molar-refractivity contribution in [3.05, 3.63) is 40.3 Å². The van der Waals surface area contributed by atoms with E-state index in [-0.39, 0.29) is 18.8 Å². The first-order valence-electron chi connectivity index (χ1n) is 5.67. The third kappa shape index (κ3) is 5.07. The van der Waals surface area contributed by atoms with E-state index < -0.39 is 17.8 Å². The second-order valence-corrected chi connectivity index (χ2v) is 3.73. The molecule has 0 fully saturated rings. The number of nitrogens with one attached hydrogen (secondary N) is 2. The fourth-order valence-corrected chi connectivity index (χ4v) is 1.40. The first kappa shape index (κ1) is 15.6. The number of alkyl halides is 3. The SMILES string of the molecule is [N-]=[N+]=NCCCNC(=O)Nc1ccccc1C(F)(F)F. The summed E-state index contributed by atoms with van der Waals surface area (Å²) >= 11 is 0. The van der Waals surface area contributed by atoms with Crippen molar-refractivity contribution in [2.75, 3.05) is 18.4 Å². The highest BCUT2D eigenvalue weighted by Crippen LogP contribution is 2.34. The number of benzene rings is 1. The van der Waals surface area contributed by atoms with Gasteiger partial charge < -0.3 is 10.6 Å². The van der Waals surface area contributed by atoms with Gasteiger partial charge in [0, 0.05) is 18.0 Å². The molecule has 0 aliphatic rings. The summed E-state index contributed by atoms with van der Waals surface area (Å²) in [4.78, 5) is 14.0. The van der Waals surface area contributed by atoms with E-state index in [9.17, 15) is 18.0 Å². The van der Waals surface area contributed by atoms with E-state index in [1.807, 2.05) is 0 Å². The van der Waals surface area contributed by atoms with Crippen LogP contribution in [0, 0.1) is 0 Å². The summed E-state index contributed by atoms with van der Waals surface area (Å²) in [6.45, 7) is 0.398. The summed E-state index contributed by atoms with van der Waals surface area (Å²) in [5.74, 6) is 0. The maximum Gasteiger partial charge on any atom is 0.418 e. The van der Waals surface area contributed by atoms with Gasteiger partial charge in [0.05, 0.1) is 11.3 Å². The predicted octanol–water partition coefficient (Wildman–Crippen LogP) is 3.53. The highest BCUT2D eigenvalue weighted by Gasteiger charge is 2.33. The van der Waals surface area contributed by atoms with Gasteiger partial charge in [-0.15, -0.1) is 0 Å². The minimum atomic E-state index is -4.54. The van der Waals surface area contributed by atoms with Crippen molar-refractivity contribution in [2.24, 2.45) is 5.11 Å². The quantitative estimate of drug-likeness (QED) is 0.369. The molecule has 9 heteroatoms. The van der Waals surface area contributed by atoms with Gasteiger partial charge in [-0.2, -0.15) is 13.2 Å². The van der Waals surface area contributed by atoms with Crippen molar-refractivity contribution in [3.8, 4) is 0 Å². The molecule has 2 N–H and O–H groups in total. The minimum Gasteiger partial charge on any atom is -0.338 e. The lowest BCUT2D eigenvalue weighted by Gasteiger charge is -2.13. The number of urea groups is 1. The van der Waals surface area contributed by atoms with Crippen LogP contribution in [0.5, 0.6) is 0 Å². The largest absolute Gasteiger partial charge is 0.418 e. The molecule has 108 valence electrons. The van der Waals surface area contributed by atoms with Gasteiger partial charge >= 0.3 is 12.2 Å². The summed E-state index contributed by atoms with van der Waals surface area (Å²) in [5, 5.41) is 7.76. The Bertz CT molecular complexity index is 511. The normalized spacial score (nSPS) is 10.6. The van der Waals surface area contributed by atoms with Gasteiger partial charge in [0.25, 0.3) is 0 Å². The van der Waals surface area contributed by atoms with Crippen LogP contribution in [0.25, 0.3) is 10.4 Å². The van der Waals surface area contributed by atoms with Crippen LogP contribution in [-0.2, 0) is 6.18 Å². The van der Waals surface area contributed by atoms with Crippen LogP contribution in [0.2, 0.25) is 0 Å². The maximum atomic E-state index is 12.7. The van der Waals surface area contributed by atoms with Crippen LogP contribution in [0.1, 0.15) is 12.0 Å². The fourth-order valence-electron chi connectivity index (χ4n) is 1.40. The molecule has 1 aromatic rings. The highest BCUT2D eigenvalue weighted by molar-refractivity contribution is 5.90. The van der Waals surface area contributed by atoms with Crippen LogP contribution in [0.3, 0.4) is 0 Å². The molecule has 0 heterocycles. The molecule has 0 aromatic heterocycles. The van der Waals surface area contributed by atoms with Crippen molar-refractivity contribution in [2.45, 2.75) is 12.6 Å². The molecule has 20 heavy (non-hydrogen) atoms. The van der Waals surface area contributed by atoms with Crippen molar-refractivity contribution in [1.29, 1.82) is 0 Å². The van der Waals surface area contributed by atoms with Crippen LogP contribution in [0.4, 0.5) is 23.7 Å². The Labute approximate surface area is 112 Å². The number of azide groups is 1. The first-order chi connectivity index (χ1) is 9.45. The number of anilines is 1. The van der Waals surface area contributed by atoms with Gasteiger partial charge in [-0.05, 0) is 24.1 Å². The van der Waals surface area contributed by atoms with Gasteiger partial charge in [-0.3, -0.25) is 0 Å². The Kier molecular flexibility index (Phi) is 5.67. The molecule has 1 aromatic carbocycles. The van der Waals surface area contributed by atoms with Gasteiger partial charge in [0.1, 0.15) is 0 Å². The monoisotopic (exact) mass is 287 g/mol. The summed E-state index contributed by atoms with van der Waals surface area (Å²) in [7, 11) is 0. The van der Waals surface area contributed by atoms with Gasteiger partial charge in [-0.25, -0.2) is 4.79 Å². The van der Waals surface area contributed by atoms with E-state index in [0.717, 1.165) is 6.07 Å². The Morgan fingerprint density at radius 2 is 2.05 bits per heavy atom. The molecule has 0 saturated carbocycles. The van der Waals surface area contributed by atoms with E-state index in [1.54, 1.807) is 0 Å². The standard InChI is InChI=1S/C11H12F3N5O/c12-11(13,14)8-4-1-2-5-9(8)18-10(20)16-6-3-7-17-19-15/h1-2,4-5H,3,6-7H2,(H2,16,18,20). The lowest BCUT2D eigenvalue weighted by molar-refractivity contribution is -0.136. The number of amides is 2. The number of halogens is 3. The van der Waals surface area contributed by atoms with E-state index >= 15 is 0 Å². The van der Waals surface area contributed by atoms with E-state index in [4.69, 9.17) is 5.53 Å². The summed E-state index contributed by atoms with van der Waals surface area (Å²) in [6, 6.07) is 3.94. The molecule has 0 bridgehead atoms.